The van der Waals surface area contributed by atoms with Crippen LogP contribution in [0.1, 0.15) is 47.1 Å². The minimum Gasteiger partial charge on any atom is -0.207 e. The van der Waals surface area contributed by atoms with Crippen molar-refractivity contribution in [2.45, 2.75) is 64.8 Å². The summed E-state index contributed by atoms with van der Waals surface area (Å²) >= 11 is 0. The van der Waals surface area contributed by atoms with E-state index in [1.165, 1.54) is 0 Å². The summed E-state index contributed by atoms with van der Waals surface area (Å²) in [6.45, 7) is 10.1. The highest BCUT2D eigenvalue weighted by Crippen LogP contribution is 2.36. The summed E-state index contributed by atoms with van der Waals surface area (Å²) in [6.07, 6.45) is 2.02. The monoisotopic (exact) mass is 320 g/mol. The van der Waals surface area contributed by atoms with Gasteiger partial charge in [-0.1, -0.05) is 0 Å². The van der Waals surface area contributed by atoms with Crippen LogP contribution >= 0.6 is 0 Å². The zero-order valence-corrected chi connectivity index (χ0v) is 14.8. The number of hydrogen-bond acceptors (Lipinski definition) is 3. The van der Waals surface area contributed by atoms with E-state index in [1.54, 1.807) is 4.31 Å². The molecule has 1 aromatic carbocycles. The molecular formula is C17H24N2O2S. The summed E-state index contributed by atoms with van der Waals surface area (Å²) in [4.78, 5) is 0.443. The Hall–Kier alpha value is -1.38. The lowest BCUT2D eigenvalue weighted by atomic mass is 9.95. The van der Waals surface area contributed by atoms with Gasteiger partial charge in [-0.3, -0.25) is 0 Å². The quantitative estimate of drug-likeness (QED) is 0.836. The summed E-state index contributed by atoms with van der Waals surface area (Å²) in [5.74, 6) is 0. The van der Waals surface area contributed by atoms with Crippen molar-refractivity contribution in [2.75, 3.05) is 6.54 Å². The minimum absolute atomic E-state index is 0.0686. The third kappa shape index (κ3) is 2.78. The molecule has 0 N–H and O–H groups in total. The molecular weight excluding hydrogens is 296 g/mol. The average molecular weight is 320 g/mol. The van der Waals surface area contributed by atoms with Crippen LogP contribution in [-0.4, -0.2) is 25.3 Å². The first kappa shape index (κ1) is 17.0. The van der Waals surface area contributed by atoms with Crippen molar-refractivity contribution >= 4 is 10.0 Å². The van der Waals surface area contributed by atoms with Crippen molar-refractivity contribution in [2.24, 2.45) is 0 Å². The van der Waals surface area contributed by atoms with Gasteiger partial charge in [-0.05, 0) is 75.3 Å². The Morgan fingerprint density at radius 2 is 1.45 bits per heavy atom. The second kappa shape index (κ2) is 6.02. The van der Waals surface area contributed by atoms with E-state index < -0.39 is 10.0 Å². The molecule has 0 unspecified atom stereocenters. The van der Waals surface area contributed by atoms with Crippen molar-refractivity contribution in [3.05, 3.63) is 27.8 Å². The summed E-state index contributed by atoms with van der Waals surface area (Å²) in [5, 5.41) is 8.82. The minimum atomic E-state index is -3.55. The fourth-order valence-corrected chi connectivity index (χ4v) is 5.24. The molecule has 0 heterocycles. The average Bonchev–Trinajstić information content (AvgIpc) is 3.27. The number of nitriles is 1. The van der Waals surface area contributed by atoms with Crippen LogP contribution in [0, 0.1) is 45.9 Å². The van der Waals surface area contributed by atoms with Gasteiger partial charge in [-0.25, -0.2) is 8.42 Å². The van der Waals surface area contributed by atoms with E-state index in [-0.39, 0.29) is 19.0 Å². The molecule has 2 rings (SSSR count). The Balaban J connectivity index is 2.61. The predicted molar refractivity (Wildman–Crippen MR) is 87.3 cm³/mol. The van der Waals surface area contributed by atoms with Crippen LogP contribution in [0.25, 0.3) is 0 Å². The van der Waals surface area contributed by atoms with Crippen LogP contribution in [0.5, 0.6) is 0 Å². The van der Waals surface area contributed by atoms with Gasteiger partial charge in [-0.2, -0.15) is 9.57 Å². The third-order valence-electron chi connectivity index (χ3n) is 4.90. The Morgan fingerprint density at radius 1 is 1.00 bits per heavy atom. The summed E-state index contributed by atoms with van der Waals surface area (Å²) < 4.78 is 27.9. The SMILES string of the molecule is Cc1c(C)c(C)c(S(=O)(=O)N(CCC#N)C2CC2)c(C)c1C. The lowest BCUT2D eigenvalue weighted by Gasteiger charge is -2.25. The van der Waals surface area contributed by atoms with E-state index in [0.29, 0.717) is 4.90 Å². The van der Waals surface area contributed by atoms with Gasteiger partial charge < -0.3 is 0 Å². The standard InChI is InChI=1S/C17H24N2O2S/c1-11-12(2)14(4)17(15(5)13(11)3)22(20,21)19(10-6-9-18)16-7-8-16/h16H,6-8,10H2,1-5H3. The van der Waals surface area contributed by atoms with Crippen LogP contribution in [0.15, 0.2) is 4.90 Å². The topological polar surface area (TPSA) is 61.2 Å². The van der Waals surface area contributed by atoms with Crippen LogP contribution in [0.2, 0.25) is 0 Å². The smallest absolute Gasteiger partial charge is 0.207 e. The van der Waals surface area contributed by atoms with Crippen molar-refractivity contribution < 1.29 is 8.42 Å². The number of rotatable bonds is 5. The number of hydrogen-bond donors (Lipinski definition) is 0. The van der Waals surface area contributed by atoms with E-state index in [1.807, 2.05) is 34.6 Å². The molecule has 1 aromatic rings. The molecule has 1 aliphatic rings. The first-order valence-electron chi connectivity index (χ1n) is 7.69. The molecule has 0 saturated heterocycles. The first-order chi connectivity index (χ1) is 10.2. The maximum absolute atomic E-state index is 13.2. The second-order valence-electron chi connectivity index (χ2n) is 6.21. The maximum Gasteiger partial charge on any atom is 0.243 e. The molecule has 1 aliphatic carbocycles. The normalized spacial score (nSPS) is 15.1. The molecule has 0 radical (unpaired) electrons. The van der Waals surface area contributed by atoms with E-state index in [4.69, 9.17) is 5.26 Å². The van der Waals surface area contributed by atoms with Crippen molar-refractivity contribution in [1.29, 1.82) is 5.26 Å². The Bertz CT molecular complexity index is 712. The number of benzene rings is 1. The number of nitrogens with zero attached hydrogens (tertiary/aromatic N) is 2. The molecule has 0 aromatic heterocycles. The van der Waals surface area contributed by atoms with Gasteiger partial charge in [-0.15, -0.1) is 0 Å². The highest BCUT2D eigenvalue weighted by Gasteiger charge is 2.39. The lowest BCUT2D eigenvalue weighted by molar-refractivity contribution is 0.410. The zero-order valence-electron chi connectivity index (χ0n) is 14.0. The number of sulfonamides is 1. The molecule has 0 amide bonds. The highest BCUT2D eigenvalue weighted by molar-refractivity contribution is 7.89. The molecule has 0 atom stereocenters. The second-order valence-corrected chi connectivity index (χ2v) is 8.04. The Labute approximate surface area is 133 Å². The Kier molecular flexibility index (Phi) is 4.65. The van der Waals surface area contributed by atoms with Gasteiger partial charge in [0, 0.05) is 19.0 Å². The lowest BCUT2D eigenvalue weighted by Crippen LogP contribution is -2.35. The van der Waals surface area contributed by atoms with Gasteiger partial charge in [0.25, 0.3) is 0 Å². The zero-order chi connectivity index (χ0) is 16.7. The fraction of sp³-hybridized carbons (Fsp3) is 0.588. The molecule has 0 aliphatic heterocycles. The van der Waals surface area contributed by atoms with E-state index in [2.05, 4.69) is 6.07 Å². The van der Waals surface area contributed by atoms with Crippen molar-refractivity contribution in [3.8, 4) is 6.07 Å². The predicted octanol–water partition coefficient (Wildman–Crippen LogP) is 3.30. The summed E-state index contributed by atoms with van der Waals surface area (Å²) in [7, 11) is -3.55. The summed E-state index contributed by atoms with van der Waals surface area (Å²) in [6, 6.07) is 2.13. The van der Waals surface area contributed by atoms with Gasteiger partial charge in [0.15, 0.2) is 0 Å². The molecule has 1 saturated carbocycles. The van der Waals surface area contributed by atoms with Crippen molar-refractivity contribution in [3.63, 3.8) is 0 Å². The molecule has 1 fully saturated rings. The molecule has 4 nitrogen and oxygen atoms in total. The molecule has 22 heavy (non-hydrogen) atoms. The van der Waals surface area contributed by atoms with Gasteiger partial charge in [0.1, 0.15) is 0 Å². The largest absolute Gasteiger partial charge is 0.243 e. The van der Waals surface area contributed by atoms with Gasteiger partial charge in [0.05, 0.1) is 11.0 Å². The van der Waals surface area contributed by atoms with Crippen molar-refractivity contribution in [1.82, 2.24) is 4.31 Å². The Morgan fingerprint density at radius 3 is 1.86 bits per heavy atom. The molecule has 0 bridgehead atoms. The fourth-order valence-electron chi connectivity index (χ4n) is 2.99. The van der Waals surface area contributed by atoms with E-state index >= 15 is 0 Å². The van der Waals surface area contributed by atoms with Crippen LogP contribution in [0.4, 0.5) is 0 Å². The molecule has 5 heteroatoms. The van der Waals surface area contributed by atoms with E-state index in [0.717, 1.165) is 40.7 Å². The maximum atomic E-state index is 13.2. The highest BCUT2D eigenvalue weighted by atomic mass is 32.2. The van der Waals surface area contributed by atoms with E-state index in [9.17, 15) is 8.42 Å². The van der Waals surface area contributed by atoms with Crippen LogP contribution < -0.4 is 0 Å². The first-order valence-corrected chi connectivity index (χ1v) is 9.13. The molecule has 120 valence electrons. The van der Waals surface area contributed by atoms with Gasteiger partial charge >= 0.3 is 0 Å². The van der Waals surface area contributed by atoms with Crippen LogP contribution in [-0.2, 0) is 10.0 Å². The molecule has 0 spiro atoms. The summed E-state index contributed by atoms with van der Waals surface area (Å²) in [5.41, 5.74) is 4.91. The third-order valence-corrected chi connectivity index (χ3v) is 7.12. The van der Waals surface area contributed by atoms with Gasteiger partial charge in [0.2, 0.25) is 10.0 Å². The van der Waals surface area contributed by atoms with Crippen LogP contribution in [0.3, 0.4) is 0 Å².